The van der Waals surface area contributed by atoms with Gasteiger partial charge >= 0.3 is 6.09 Å². The van der Waals surface area contributed by atoms with E-state index in [1.54, 1.807) is 89.6 Å². The van der Waals surface area contributed by atoms with Gasteiger partial charge in [-0.2, -0.15) is 0 Å². The molecule has 7 amide bonds. The minimum Gasteiger partial charge on any atom is -0.497 e. The lowest BCUT2D eigenvalue weighted by Gasteiger charge is -2.29. The van der Waals surface area contributed by atoms with Crippen molar-refractivity contribution >= 4 is 140 Å². The lowest BCUT2D eigenvalue weighted by atomic mass is 10.0. The number of aromatic nitrogens is 4. The van der Waals surface area contributed by atoms with Crippen LogP contribution in [-0.4, -0.2) is 194 Å². The minimum absolute atomic E-state index is 0. The molecule has 0 unspecified atom stereocenters. The Labute approximate surface area is 787 Å². The van der Waals surface area contributed by atoms with E-state index in [4.69, 9.17) is 49.4 Å². The highest BCUT2D eigenvalue weighted by Crippen LogP contribution is 2.49. The van der Waals surface area contributed by atoms with Crippen molar-refractivity contribution in [2.24, 2.45) is 29.4 Å². The van der Waals surface area contributed by atoms with Crippen LogP contribution in [-0.2, 0) is 53.6 Å². The molecule has 712 valence electrons. The summed E-state index contributed by atoms with van der Waals surface area (Å²) in [5.41, 5.74) is 6.82. The predicted molar refractivity (Wildman–Crippen MR) is 516 cm³/mol. The second-order valence-corrected chi connectivity index (χ2v) is 42.1. The number of fused-ring (bicyclic) bond motifs is 6. The monoisotopic (exact) mass is 1910 g/mol. The number of methoxy groups -OCH3 is 2. The van der Waals surface area contributed by atoms with Gasteiger partial charge in [0, 0.05) is 121 Å². The Bertz CT molecular complexity index is 5790. The van der Waals surface area contributed by atoms with Crippen LogP contribution in [0.15, 0.2) is 142 Å². The molecule has 14 rings (SSSR count). The number of allylic oxidation sites excluding steroid dienone is 2. The van der Waals surface area contributed by atoms with Gasteiger partial charge in [0.1, 0.15) is 85.1 Å². The van der Waals surface area contributed by atoms with E-state index in [0.29, 0.717) is 105 Å². The molecule has 2 saturated carbocycles. The third kappa shape index (κ3) is 25.3. The number of amides is 7. The van der Waals surface area contributed by atoms with Gasteiger partial charge in [0.25, 0.3) is 31.9 Å². The van der Waals surface area contributed by atoms with Crippen LogP contribution < -0.4 is 71.3 Å². The van der Waals surface area contributed by atoms with Gasteiger partial charge in [0.15, 0.2) is 10.3 Å². The highest BCUT2D eigenvalue weighted by Gasteiger charge is 2.63. The van der Waals surface area contributed by atoms with E-state index in [-0.39, 0.29) is 104 Å². The van der Waals surface area contributed by atoms with Crippen LogP contribution in [0.2, 0.25) is 0 Å². The number of nitrogens with one attached hydrogen (secondary N) is 9. The first-order chi connectivity index (χ1) is 62.4. The van der Waals surface area contributed by atoms with E-state index in [1.807, 2.05) is 121 Å². The number of carbonyl (C=O) groups is 7. The highest BCUT2D eigenvalue weighted by atomic mass is 35.5. The number of pyridine rings is 2. The maximum Gasteiger partial charge on any atom is 0.407 e. The number of hydrogen-bond donors (Lipinski definition) is 10. The summed E-state index contributed by atoms with van der Waals surface area (Å²) in [5, 5.41) is 28.5. The molecule has 0 spiro atoms. The van der Waals surface area contributed by atoms with E-state index < -0.39 is 121 Å². The maximum atomic E-state index is 14.9. The molecule has 8 heterocycles. The largest absolute Gasteiger partial charge is 0.497 e. The first-order valence-electron chi connectivity index (χ1n) is 45.3. The number of ether oxygens (including phenoxy) is 5. The van der Waals surface area contributed by atoms with Gasteiger partial charge < -0.3 is 76.4 Å². The number of nitrogens with two attached hydrogens (primary N) is 1. The SMILES string of the molecule is COc1ccc2c(O[C@@H]3C[C@@H](C(=O)N[C@]45C[C@H]4/C=C\CCCCCNc4ccccc4S(=O)(=O)NC5=O)N(C(=O)C[C@@H](N)CC(C)C)C3)cc(-c3csc(NC(C)C)n3)nc2c1.COc1ccc2c(O[C@@H]3C[C@@H](C(=O)N[C@]45C[C@H]4/C=C\CCCCCNc4ccccc4S(=O)(=O)NC5=O)N(C(=O)C[C@H](CC(C)C)NC(=O)OC(C)(C)C)C3)cc(-c3csc(NC(C)C)n3)nc2c1.Cl. The summed E-state index contributed by atoms with van der Waals surface area (Å²) in [6.45, 7) is 22.6. The fraction of sp³-hybridized carbons (Fsp3) is 0.505. The van der Waals surface area contributed by atoms with Crippen LogP contribution in [0.3, 0.4) is 0 Å². The Morgan fingerprint density at radius 3 is 1.41 bits per heavy atom. The van der Waals surface area contributed by atoms with Crippen LogP contribution in [0.1, 0.15) is 179 Å². The molecule has 10 atom stereocenters. The Hall–Kier alpha value is -10.9. The Kier molecular flexibility index (Phi) is 32.9. The van der Waals surface area contributed by atoms with Crippen LogP contribution in [0.25, 0.3) is 44.6 Å². The zero-order valence-corrected chi connectivity index (χ0v) is 81.2. The van der Waals surface area contributed by atoms with Crippen molar-refractivity contribution in [1.82, 2.24) is 55.1 Å². The molecule has 4 aliphatic heterocycles. The number of benzene rings is 4. The van der Waals surface area contributed by atoms with E-state index in [9.17, 15) is 50.4 Å². The molecule has 0 radical (unpaired) electrons. The summed E-state index contributed by atoms with van der Waals surface area (Å²) >= 11 is 2.92. The van der Waals surface area contributed by atoms with E-state index in [2.05, 4.69) is 46.7 Å². The Morgan fingerprint density at radius 1 is 0.561 bits per heavy atom. The fourth-order valence-corrected chi connectivity index (χ4v) is 21.3. The van der Waals surface area contributed by atoms with Crippen LogP contribution in [0.4, 0.5) is 26.4 Å². The summed E-state index contributed by atoms with van der Waals surface area (Å²) in [6, 6.07) is 24.5. The van der Waals surface area contributed by atoms with Gasteiger partial charge in [-0.05, 0) is 173 Å². The molecular formula is C95H125ClN16O16S4. The molecular weight excluding hydrogens is 1780 g/mol. The van der Waals surface area contributed by atoms with Gasteiger partial charge in [-0.25, -0.2) is 51.0 Å². The standard InChI is InChI=1S/C50H66N8O9S2.C45H58N8O7S2.ClH/c1-30(2)22-33(53-48(62)67-49(5,6)7)23-44(59)58-28-35(66-42-26-39(40-29-68-47(55-40)52-31(3)4)54-38-24-34(65-8)19-20-36(38)42)25-41(58)45(60)56-50-27-32(50)16-12-10-9-11-15-21-51-37-17-13-14-18-43(37)69(63,64)57-46(50)61;1-27(2)19-30(46)20-41(54)53-25-32(60-39-23-36(37-26-61-44(50-37)48-28(3)4)49-35-21-31(59-5)16-17-33(35)39)22-38(53)42(55)51-45-24-29(45)13-9-7-6-8-12-18-47-34-14-10-11-15-40(34)62(57,58)52-43(45)56;/h12-14,16-20,24,26,29-33,35,41,51H,9-11,15,21-23,25,27-28H2,1-8H3,(H,52,55)(H,53,62)(H,56,60)(H,57,61);9-11,13-17,21,23,26-30,32,38,47H,6-8,12,18-20,22,24-25,46H2,1-5H3,(H,48,50)(H,51,55)(H,52,56);1H/b16-12-;13-9-;/t32-,33+,35-,41+,50-;29-,30+,32-,38+,45-;/m11./s1. The minimum atomic E-state index is -4.40. The van der Waals surface area contributed by atoms with Crippen molar-refractivity contribution in [3.8, 4) is 45.8 Å². The number of sulfonamides is 2. The normalized spacial score (nSPS) is 22.8. The van der Waals surface area contributed by atoms with E-state index in [0.717, 1.165) is 61.6 Å². The molecule has 37 heteroatoms. The molecule has 32 nitrogen and oxygen atoms in total. The fourth-order valence-electron chi connectivity index (χ4n) is 17.1. The van der Waals surface area contributed by atoms with Crippen LogP contribution in [0.5, 0.6) is 23.0 Å². The Balaban J connectivity index is 0.000000238. The number of anilines is 4. The highest BCUT2D eigenvalue weighted by molar-refractivity contribution is 7.90. The smallest absolute Gasteiger partial charge is 0.407 e. The number of nitrogens with zero attached hydrogens (tertiary/aromatic N) is 6. The van der Waals surface area contributed by atoms with Crippen molar-refractivity contribution in [2.45, 2.75) is 254 Å². The third-order valence-corrected chi connectivity index (χ3v) is 27.9. The van der Waals surface area contributed by atoms with Crippen molar-refractivity contribution in [3.05, 3.63) is 132 Å². The Morgan fingerprint density at radius 2 is 0.992 bits per heavy atom. The average molecular weight is 1910 g/mol. The lowest BCUT2D eigenvalue weighted by Crippen LogP contribution is -2.56. The number of para-hydroxylation sites is 2. The van der Waals surface area contributed by atoms with Crippen molar-refractivity contribution in [3.63, 3.8) is 0 Å². The number of carbonyl (C=O) groups excluding carboxylic acids is 7. The second-order valence-electron chi connectivity index (χ2n) is 37.1. The van der Waals surface area contributed by atoms with Gasteiger partial charge in [-0.3, -0.25) is 28.8 Å². The molecule has 2 saturated heterocycles. The number of halogens is 1. The number of rotatable bonds is 25. The molecule has 11 N–H and O–H groups in total. The zero-order chi connectivity index (χ0) is 93.9. The third-order valence-electron chi connectivity index (χ3n) is 23.6. The molecule has 4 aromatic carbocycles. The number of thiazole rings is 2. The van der Waals surface area contributed by atoms with Crippen molar-refractivity contribution in [1.29, 1.82) is 0 Å². The number of hydrogen-bond acceptors (Lipinski definition) is 27. The van der Waals surface area contributed by atoms with E-state index >= 15 is 0 Å². The molecule has 6 aliphatic rings. The molecule has 0 bridgehead atoms. The van der Waals surface area contributed by atoms with Crippen molar-refractivity contribution in [2.75, 3.05) is 61.7 Å². The van der Waals surface area contributed by atoms with Gasteiger partial charge in [-0.1, -0.05) is 89.1 Å². The van der Waals surface area contributed by atoms with Crippen LogP contribution >= 0.6 is 35.1 Å². The molecule has 4 fully saturated rings. The molecule has 4 aromatic heterocycles. The first-order valence-corrected chi connectivity index (χ1v) is 50.0. The topological polar surface area (TPSA) is 426 Å². The summed E-state index contributed by atoms with van der Waals surface area (Å²) in [4.78, 5) is 122. The zero-order valence-electron chi connectivity index (χ0n) is 77.1. The molecule has 8 aromatic rings. The second kappa shape index (κ2) is 43.4. The first kappa shape index (κ1) is 100. The van der Waals surface area contributed by atoms with Crippen molar-refractivity contribution < 1.29 is 74.1 Å². The summed E-state index contributed by atoms with van der Waals surface area (Å²) in [6.07, 6.45) is 13.9. The lowest BCUT2D eigenvalue weighted by molar-refractivity contribution is -0.140. The van der Waals surface area contributed by atoms with Crippen LogP contribution in [0, 0.1) is 23.7 Å². The average Bonchev–Trinajstić information content (AvgIpc) is 1.57. The van der Waals surface area contributed by atoms with Gasteiger partial charge in [-0.15, -0.1) is 35.1 Å². The summed E-state index contributed by atoms with van der Waals surface area (Å²) in [7, 11) is -5.59. The van der Waals surface area contributed by atoms with E-state index in [1.165, 1.54) is 44.6 Å². The summed E-state index contributed by atoms with van der Waals surface area (Å²) < 4.78 is 90.3. The molecule has 132 heavy (non-hydrogen) atoms. The van der Waals surface area contributed by atoms with Gasteiger partial charge in [0.2, 0.25) is 23.6 Å². The number of likely N-dealkylation sites (tertiary alicyclic amines) is 2. The quantitative estimate of drug-likeness (QED) is 0.0238. The molecule has 2 aliphatic carbocycles. The number of alkyl carbamates (subject to hydrolysis) is 1. The maximum absolute atomic E-state index is 14.9. The summed E-state index contributed by atoms with van der Waals surface area (Å²) in [5.74, 6) is -2.19. The predicted octanol–water partition coefficient (Wildman–Crippen LogP) is 14.4. The van der Waals surface area contributed by atoms with Gasteiger partial charge in [0.05, 0.1) is 61.1 Å².